The number of likely N-dealkylation sites (tertiary alicyclic amines) is 1. The second kappa shape index (κ2) is 8.03. The third-order valence-electron chi connectivity index (χ3n) is 3.87. The minimum atomic E-state index is -4.94. The average Bonchev–Trinajstić information content (AvgIpc) is 3.07. The van der Waals surface area contributed by atoms with Crippen molar-refractivity contribution in [2.45, 2.75) is 25.1 Å². The van der Waals surface area contributed by atoms with Crippen molar-refractivity contribution in [2.75, 3.05) is 19.0 Å². The van der Waals surface area contributed by atoms with Crippen LogP contribution >= 0.6 is 0 Å². The molecular formula is C17H17F3N2O4. The van der Waals surface area contributed by atoms with Crippen molar-refractivity contribution in [1.29, 1.82) is 0 Å². The van der Waals surface area contributed by atoms with E-state index in [2.05, 4.69) is 10.1 Å². The molecule has 2 rings (SSSR count). The minimum Gasteiger partial charge on any atom is -0.465 e. The van der Waals surface area contributed by atoms with Gasteiger partial charge in [0.2, 0.25) is 5.91 Å². The summed E-state index contributed by atoms with van der Waals surface area (Å²) in [6.45, 7) is 0.376. The monoisotopic (exact) mass is 370 g/mol. The SMILES string of the molecule is COC(=O)c1ccc(NC(=O)[C@@H]2CCCN2/C=C/C(=O)C(F)(F)F)cc1. The maximum atomic E-state index is 12.4. The number of alkyl halides is 3. The Bertz CT molecular complexity index is 714. The van der Waals surface area contributed by atoms with E-state index in [0.29, 0.717) is 36.7 Å². The highest BCUT2D eigenvalue weighted by Crippen LogP contribution is 2.21. The van der Waals surface area contributed by atoms with Crippen molar-refractivity contribution in [1.82, 2.24) is 4.90 Å². The molecule has 0 unspecified atom stereocenters. The van der Waals surface area contributed by atoms with E-state index in [0.717, 1.165) is 6.20 Å². The molecule has 1 aliphatic rings. The van der Waals surface area contributed by atoms with Gasteiger partial charge in [0.1, 0.15) is 6.04 Å². The van der Waals surface area contributed by atoms with Crippen LogP contribution in [0.15, 0.2) is 36.5 Å². The van der Waals surface area contributed by atoms with Gasteiger partial charge in [-0.3, -0.25) is 9.59 Å². The topological polar surface area (TPSA) is 75.7 Å². The fourth-order valence-corrected chi connectivity index (χ4v) is 2.54. The summed E-state index contributed by atoms with van der Waals surface area (Å²) >= 11 is 0. The van der Waals surface area contributed by atoms with E-state index in [-0.39, 0.29) is 0 Å². The van der Waals surface area contributed by atoms with E-state index >= 15 is 0 Å². The van der Waals surface area contributed by atoms with Crippen LogP contribution in [0.25, 0.3) is 0 Å². The number of ketones is 1. The number of benzene rings is 1. The molecular weight excluding hydrogens is 353 g/mol. The Hall–Kier alpha value is -2.84. The van der Waals surface area contributed by atoms with Crippen molar-refractivity contribution < 1.29 is 32.3 Å². The van der Waals surface area contributed by atoms with Gasteiger partial charge < -0.3 is 15.0 Å². The molecule has 1 saturated heterocycles. The molecule has 0 aromatic heterocycles. The van der Waals surface area contributed by atoms with E-state index < -0.39 is 29.9 Å². The fraction of sp³-hybridized carbons (Fsp3) is 0.353. The number of methoxy groups -OCH3 is 1. The maximum Gasteiger partial charge on any atom is 0.454 e. The second-order valence-corrected chi connectivity index (χ2v) is 5.63. The quantitative estimate of drug-likeness (QED) is 0.637. The standard InChI is InChI=1S/C17H17F3N2O4/c1-26-16(25)11-4-6-12(7-5-11)21-15(24)13-3-2-9-22(13)10-8-14(23)17(18,19)20/h4-8,10,13H,2-3,9H2,1H3,(H,21,24)/b10-8+/t13-/m0/s1. The molecule has 1 atom stereocenters. The maximum absolute atomic E-state index is 12.4. The number of ether oxygens (including phenoxy) is 1. The fourth-order valence-electron chi connectivity index (χ4n) is 2.54. The molecule has 0 radical (unpaired) electrons. The first-order valence-corrected chi connectivity index (χ1v) is 7.76. The first-order chi connectivity index (χ1) is 12.2. The third-order valence-corrected chi connectivity index (χ3v) is 3.87. The lowest BCUT2D eigenvalue weighted by molar-refractivity contribution is -0.165. The predicted molar refractivity (Wildman–Crippen MR) is 86.3 cm³/mol. The molecule has 140 valence electrons. The minimum absolute atomic E-state index is 0.321. The molecule has 1 aromatic carbocycles. The molecule has 1 amide bonds. The van der Waals surface area contributed by atoms with Gasteiger partial charge in [-0.05, 0) is 37.1 Å². The molecule has 1 aromatic rings. The lowest BCUT2D eigenvalue weighted by Gasteiger charge is -2.22. The first-order valence-electron chi connectivity index (χ1n) is 7.76. The van der Waals surface area contributed by atoms with Crippen LogP contribution in [0, 0.1) is 0 Å². The van der Waals surface area contributed by atoms with Gasteiger partial charge in [-0.15, -0.1) is 0 Å². The summed E-state index contributed by atoms with van der Waals surface area (Å²) in [7, 11) is 1.25. The van der Waals surface area contributed by atoms with Crippen LogP contribution in [0.3, 0.4) is 0 Å². The number of carbonyl (C=O) groups is 3. The number of allylic oxidation sites excluding steroid dienone is 1. The number of halogens is 3. The molecule has 0 saturated carbocycles. The highest BCUT2D eigenvalue weighted by Gasteiger charge is 2.37. The molecule has 1 heterocycles. The first kappa shape index (κ1) is 19.5. The molecule has 0 aliphatic carbocycles. The van der Waals surface area contributed by atoms with E-state index in [4.69, 9.17) is 0 Å². The second-order valence-electron chi connectivity index (χ2n) is 5.63. The smallest absolute Gasteiger partial charge is 0.454 e. The molecule has 1 fully saturated rings. The van der Waals surface area contributed by atoms with Gasteiger partial charge in [-0.25, -0.2) is 4.79 Å². The Balaban J connectivity index is 2.00. The van der Waals surface area contributed by atoms with Gasteiger partial charge in [0, 0.05) is 24.5 Å². The number of nitrogens with zero attached hydrogens (tertiary/aromatic N) is 1. The Labute approximate surface area is 147 Å². The molecule has 26 heavy (non-hydrogen) atoms. The van der Waals surface area contributed by atoms with Gasteiger partial charge >= 0.3 is 12.1 Å². The lowest BCUT2D eigenvalue weighted by atomic mass is 10.1. The summed E-state index contributed by atoms with van der Waals surface area (Å²) in [6.07, 6.45) is -2.43. The van der Waals surface area contributed by atoms with E-state index in [1.807, 2.05) is 0 Å². The van der Waals surface area contributed by atoms with E-state index in [9.17, 15) is 27.6 Å². The number of carbonyl (C=O) groups excluding carboxylic acids is 3. The molecule has 1 N–H and O–H groups in total. The summed E-state index contributed by atoms with van der Waals surface area (Å²) in [5, 5.41) is 2.64. The number of rotatable bonds is 5. The van der Waals surface area contributed by atoms with Crippen LogP contribution in [0.2, 0.25) is 0 Å². The van der Waals surface area contributed by atoms with Gasteiger partial charge in [-0.2, -0.15) is 13.2 Å². The summed E-state index contributed by atoms with van der Waals surface area (Å²) < 4.78 is 41.3. The third kappa shape index (κ3) is 4.84. The van der Waals surface area contributed by atoms with Crippen molar-refractivity contribution in [3.63, 3.8) is 0 Å². The predicted octanol–water partition coefficient (Wildman–Crippen LogP) is 2.52. The zero-order chi connectivity index (χ0) is 19.3. The summed E-state index contributed by atoms with van der Waals surface area (Å²) in [5.41, 5.74) is 0.756. The van der Waals surface area contributed by atoms with Gasteiger partial charge in [0.25, 0.3) is 5.78 Å². The molecule has 0 spiro atoms. The zero-order valence-electron chi connectivity index (χ0n) is 13.9. The molecule has 1 aliphatic heterocycles. The van der Waals surface area contributed by atoms with Crippen LogP contribution in [-0.2, 0) is 14.3 Å². The zero-order valence-corrected chi connectivity index (χ0v) is 13.9. The van der Waals surface area contributed by atoms with Crippen LogP contribution in [0.5, 0.6) is 0 Å². The Kier molecular flexibility index (Phi) is 6.01. The summed E-state index contributed by atoms with van der Waals surface area (Å²) in [4.78, 5) is 36.0. The number of nitrogens with one attached hydrogen (secondary N) is 1. The molecule has 0 bridgehead atoms. The Morgan fingerprint density at radius 2 is 1.88 bits per heavy atom. The van der Waals surface area contributed by atoms with Crippen LogP contribution in [0.1, 0.15) is 23.2 Å². The average molecular weight is 370 g/mol. The number of esters is 1. The van der Waals surface area contributed by atoms with Crippen LogP contribution < -0.4 is 5.32 Å². The van der Waals surface area contributed by atoms with E-state index in [1.54, 1.807) is 0 Å². The summed E-state index contributed by atoms with van der Waals surface area (Å²) in [5.74, 6) is -2.89. The van der Waals surface area contributed by atoms with Gasteiger partial charge in [0.05, 0.1) is 12.7 Å². The molecule has 9 heteroatoms. The molecule has 6 nitrogen and oxygen atoms in total. The highest BCUT2D eigenvalue weighted by atomic mass is 19.4. The van der Waals surface area contributed by atoms with Crippen LogP contribution in [0.4, 0.5) is 18.9 Å². The van der Waals surface area contributed by atoms with Crippen molar-refractivity contribution in [3.05, 3.63) is 42.1 Å². The van der Waals surface area contributed by atoms with Crippen LogP contribution in [-0.4, -0.2) is 48.4 Å². The van der Waals surface area contributed by atoms with Crippen molar-refractivity contribution >= 4 is 23.3 Å². The number of hydrogen-bond acceptors (Lipinski definition) is 5. The van der Waals surface area contributed by atoms with E-state index in [1.165, 1.54) is 36.3 Å². The summed E-state index contributed by atoms with van der Waals surface area (Å²) in [6, 6.07) is 5.33. The largest absolute Gasteiger partial charge is 0.465 e. The van der Waals surface area contributed by atoms with Gasteiger partial charge in [0.15, 0.2) is 0 Å². The normalized spacial score (nSPS) is 17.4. The number of hydrogen-bond donors (Lipinski definition) is 1. The number of anilines is 1. The van der Waals surface area contributed by atoms with Gasteiger partial charge in [-0.1, -0.05) is 0 Å². The number of amides is 1. The highest BCUT2D eigenvalue weighted by molar-refractivity contribution is 5.97. The van der Waals surface area contributed by atoms with Crippen molar-refractivity contribution in [2.24, 2.45) is 0 Å². The Morgan fingerprint density at radius 3 is 2.46 bits per heavy atom. The lowest BCUT2D eigenvalue weighted by Crippen LogP contribution is -2.36. The Morgan fingerprint density at radius 1 is 1.23 bits per heavy atom. The van der Waals surface area contributed by atoms with Crippen molar-refractivity contribution in [3.8, 4) is 0 Å².